The molecule has 0 saturated heterocycles. The third-order valence-electron chi connectivity index (χ3n) is 2.86. The van der Waals surface area contributed by atoms with Gasteiger partial charge in [0, 0.05) is 25.4 Å². The van der Waals surface area contributed by atoms with Crippen LogP contribution in [0.4, 0.5) is 0 Å². The second-order valence-corrected chi connectivity index (χ2v) is 3.69. The molecule has 0 aliphatic rings. The predicted octanol–water partition coefficient (Wildman–Crippen LogP) is -0.295. The van der Waals surface area contributed by atoms with E-state index in [9.17, 15) is 5.11 Å². The summed E-state index contributed by atoms with van der Waals surface area (Å²) < 4.78 is 1.72. The standard InChI is InChI=1S/C9H18N4O/c1-3-9(5-10,6-14)4-8-11-7-12-13(8)2/h7,14H,3-6,10H2,1-2H3. The Labute approximate surface area is 83.9 Å². The predicted molar refractivity (Wildman–Crippen MR) is 53.6 cm³/mol. The quantitative estimate of drug-likeness (QED) is 0.681. The first kappa shape index (κ1) is 11.1. The molecule has 1 atom stereocenters. The highest BCUT2D eigenvalue weighted by Crippen LogP contribution is 2.23. The number of aryl methyl sites for hydroxylation is 1. The summed E-state index contributed by atoms with van der Waals surface area (Å²) in [6.45, 7) is 2.58. The average Bonchev–Trinajstić information content (AvgIpc) is 2.61. The van der Waals surface area contributed by atoms with Crippen LogP contribution in [0.2, 0.25) is 0 Å². The van der Waals surface area contributed by atoms with Crippen molar-refractivity contribution in [3.05, 3.63) is 12.2 Å². The van der Waals surface area contributed by atoms with Gasteiger partial charge in [-0.3, -0.25) is 4.68 Å². The van der Waals surface area contributed by atoms with Crippen molar-refractivity contribution in [2.24, 2.45) is 18.2 Å². The molecule has 0 radical (unpaired) electrons. The zero-order valence-electron chi connectivity index (χ0n) is 8.77. The van der Waals surface area contributed by atoms with Gasteiger partial charge in [0.15, 0.2) is 0 Å². The maximum absolute atomic E-state index is 9.33. The van der Waals surface area contributed by atoms with Crippen LogP contribution in [0.3, 0.4) is 0 Å². The Kier molecular flexibility index (Phi) is 3.60. The lowest BCUT2D eigenvalue weighted by Crippen LogP contribution is -2.36. The monoisotopic (exact) mass is 198 g/mol. The van der Waals surface area contributed by atoms with Gasteiger partial charge in [-0.25, -0.2) is 4.98 Å². The normalized spacial score (nSPS) is 15.4. The molecule has 1 rings (SSSR count). The van der Waals surface area contributed by atoms with Gasteiger partial charge in [0.25, 0.3) is 0 Å². The Morgan fingerprint density at radius 3 is 2.71 bits per heavy atom. The van der Waals surface area contributed by atoms with Gasteiger partial charge >= 0.3 is 0 Å². The van der Waals surface area contributed by atoms with Gasteiger partial charge in [0.05, 0.1) is 6.61 Å². The zero-order chi connectivity index (χ0) is 10.6. The highest BCUT2D eigenvalue weighted by molar-refractivity contribution is 4.93. The number of aromatic nitrogens is 3. The first-order valence-corrected chi connectivity index (χ1v) is 4.81. The van der Waals surface area contributed by atoms with Crippen molar-refractivity contribution in [1.29, 1.82) is 0 Å². The van der Waals surface area contributed by atoms with E-state index in [-0.39, 0.29) is 12.0 Å². The van der Waals surface area contributed by atoms with Crippen molar-refractivity contribution in [1.82, 2.24) is 14.8 Å². The summed E-state index contributed by atoms with van der Waals surface area (Å²) in [6.07, 6.45) is 3.03. The van der Waals surface area contributed by atoms with Crippen LogP contribution in [-0.2, 0) is 13.5 Å². The molecule has 1 unspecified atom stereocenters. The van der Waals surface area contributed by atoms with Gasteiger partial charge in [-0.2, -0.15) is 5.10 Å². The van der Waals surface area contributed by atoms with E-state index in [1.807, 2.05) is 14.0 Å². The first-order valence-electron chi connectivity index (χ1n) is 4.81. The fourth-order valence-electron chi connectivity index (χ4n) is 1.39. The Bertz CT molecular complexity index is 272. The summed E-state index contributed by atoms with van der Waals surface area (Å²) in [5.41, 5.74) is 5.43. The van der Waals surface area contributed by atoms with Gasteiger partial charge < -0.3 is 10.8 Å². The van der Waals surface area contributed by atoms with Crippen molar-refractivity contribution >= 4 is 0 Å². The number of aliphatic hydroxyl groups is 1. The van der Waals surface area contributed by atoms with Crippen molar-refractivity contribution in [3.8, 4) is 0 Å². The lowest BCUT2D eigenvalue weighted by atomic mass is 9.82. The van der Waals surface area contributed by atoms with Crippen LogP contribution in [0.5, 0.6) is 0 Å². The van der Waals surface area contributed by atoms with E-state index >= 15 is 0 Å². The maximum atomic E-state index is 9.33. The zero-order valence-corrected chi connectivity index (χ0v) is 8.77. The van der Waals surface area contributed by atoms with Gasteiger partial charge in [-0.05, 0) is 6.42 Å². The van der Waals surface area contributed by atoms with E-state index in [2.05, 4.69) is 10.1 Å². The molecular weight excluding hydrogens is 180 g/mol. The molecule has 0 spiro atoms. The molecule has 0 saturated carbocycles. The van der Waals surface area contributed by atoms with Crippen LogP contribution in [-0.4, -0.2) is 33.0 Å². The minimum absolute atomic E-state index is 0.0901. The van der Waals surface area contributed by atoms with E-state index in [1.165, 1.54) is 6.33 Å². The Hall–Kier alpha value is -0.940. The first-order chi connectivity index (χ1) is 6.67. The Balaban J connectivity index is 2.79. The third-order valence-corrected chi connectivity index (χ3v) is 2.86. The molecule has 5 nitrogen and oxygen atoms in total. The fraction of sp³-hybridized carbons (Fsp3) is 0.778. The van der Waals surface area contributed by atoms with E-state index in [4.69, 9.17) is 5.73 Å². The summed E-state index contributed by atoms with van der Waals surface area (Å²) in [4.78, 5) is 4.13. The third kappa shape index (κ3) is 2.10. The Morgan fingerprint density at radius 1 is 1.64 bits per heavy atom. The summed E-state index contributed by atoms with van der Waals surface area (Å²) in [6, 6.07) is 0. The van der Waals surface area contributed by atoms with E-state index in [1.54, 1.807) is 4.68 Å². The summed E-state index contributed by atoms with van der Waals surface area (Å²) >= 11 is 0. The topological polar surface area (TPSA) is 77.0 Å². The lowest BCUT2D eigenvalue weighted by molar-refractivity contribution is 0.124. The number of nitrogens with zero attached hydrogens (tertiary/aromatic N) is 3. The second-order valence-electron chi connectivity index (χ2n) is 3.69. The van der Waals surface area contributed by atoms with E-state index < -0.39 is 0 Å². The van der Waals surface area contributed by atoms with Crippen LogP contribution in [0.1, 0.15) is 19.2 Å². The summed E-state index contributed by atoms with van der Waals surface area (Å²) in [5, 5.41) is 13.3. The van der Waals surface area contributed by atoms with E-state index in [0.717, 1.165) is 12.2 Å². The molecule has 0 amide bonds. The van der Waals surface area contributed by atoms with Crippen molar-refractivity contribution < 1.29 is 5.11 Å². The SMILES string of the molecule is CCC(CN)(CO)Cc1ncnn1C. The molecule has 0 aliphatic carbocycles. The number of aliphatic hydroxyl groups excluding tert-OH is 1. The van der Waals surface area contributed by atoms with E-state index in [0.29, 0.717) is 13.0 Å². The molecule has 1 aromatic heterocycles. The molecular formula is C9H18N4O. The molecule has 1 aromatic rings. The highest BCUT2D eigenvalue weighted by Gasteiger charge is 2.27. The fourth-order valence-corrected chi connectivity index (χ4v) is 1.39. The molecule has 80 valence electrons. The molecule has 0 fully saturated rings. The summed E-state index contributed by atoms with van der Waals surface area (Å²) in [7, 11) is 1.84. The van der Waals surface area contributed by atoms with Crippen LogP contribution in [0.15, 0.2) is 6.33 Å². The van der Waals surface area contributed by atoms with Crippen LogP contribution < -0.4 is 5.73 Å². The minimum Gasteiger partial charge on any atom is -0.396 e. The van der Waals surface area contributed by atoms with Crippen LogP contribution in [0.25, 0.3) is 0 Å². The average molecular weight is 198 g/mol. The molecule has 0 aliphatic heterocycles. The molecule has 1 heterocycles. The number of rotatable bonds is 5. The molecule has 5 heteroatoms. The molecule has 0 bridgehead atoms. The molecule has 3 N–H and O–H groups in total. The van der Waals surface area contributed by atoms with Gasteiger partial charge in [-0.1, -0.05) is 6.92 Å². The number of nitrogens with two attached hydrogens (primary N) is 1. The van der Waals surface area contributed by atoms with Gasteiger partial charge in [-0.15, -0.1) is 0 Å². The minimum atomic E-state index is -0.249. The summed E-state index contributed by atoms with van der Waals surface area (Å²) in [5.74, 6) is 0.867. The number of hydrogen-bond acceptors (Lipinski definition) is 4. The van der Waals surface area contributed by atoms with Crippen molar-refractivity contribution in [2.75, 3.05) is 13.2 Å². The van der Waals surface area contributed by atoms with Crippen LogP contribution in [0, 0.1) is 5.41 Å². The lowest BCUT2D eigenvalue weighted by Gasteiger charge is -2.28. The Morgan fingerprint density at radius 2 is 2.36 bits per heavy atom. The van der Waals surface area contributed by atoms with Gasteiger partial charge in [0.1, 0.15) is 12.2 Å². The van der Waals surface area contributed by atoms with Crippen molar-refractivity contribution in [2.45, 2.75) is 19.8 Å². The smallest absolute Gasteiger partial charge is 0.138 e. The van der Waals surface area contributed by atoms with Gasteiger partial charge in [0.2, 0.25) is 0 Å². The number of hydrogen-bond donors (Lipinski definition) is 2. The van der Waals surface area contributed by atoms with Crippen molar-refractivity contribution in [3.63, 3.8) is 0 Å². The molecule has 0 aromatic carbocycles. The highest BCUT2D eigenvalue weighted by atomic mass is 16.3. The molecule has 14 heavy (non-hydrogen) atoms. The second kappa shape index (κ2) is 4.52. The van der Waals surface area contributed by atoms with Crippen LogP contribution >= 0.6 is 0 Å². The maximum Gasteiger partial charge on any atom is 0.138 e. The largest absolute Gasteiger partial charge is 0.396 e.